The zero-order valence-electron chi connectivity index (χ0n) is 11.5. The second-order valence-electron chi connectivity index (χ2n) is 4.92. The van der Waals surface area contributed by atoms with Gasteiger partial charge in [-0.05, 0) is 32.4 Å². The summed E-state index contributed by atoms with van der Waals surface area (Å²) < 4.78 is 1.85. The van der Waals surface area contributed by atoms with Crippen molar-refractivity contribution in [1.82, 2.24) is 9.38 Å². The molecule has 5 heteroatoms. The predicted molar refractivity (Wildman–Crippen MR) is 79.7 cm³/mol. The number of hydrogen-bond acceptors (Lipinski definition) is 3. The number of benzene rings is 1. The van der Waals surface area contributed by atoms with Crippen LogP contribution in [0.3, 0.4) is 0 Å². The molecule has 0 aliphatic rings. The summed E-state index contributed by atoms with van der Waals surface area (Å²) in [5, 5.41) is 9.12. The Hall–Kier alpha value is -2.14. The second kappa shape index (κ2) is 4.45. The average Bonchev–Trinajstić information content (AvgIpc) is 2.92. The SMILES string of the molecule is Cc1ccc(C)c(-c2cn3c(C)c(C(=O)O)sc3n2)c1. The molecular weight excluding hydrogens is 272 g/mol. The van der Waals surface area contributed by atoms with Crippen LogP contribution in [0.15, 0.2) is 24.4 Å². The number of imidazole rings is 1. The van der Waals surface area contributed by atoms with Crippen LogP contribution >= 0.6 is 11.3 Å². The van der Waals surface area contributed by atoms with E-state index in [4.69, 9.17) is 5.11 Å². The first-order chi connectivity index (χ1) is 9.47. The molecule has 4 nitrogen and oxygen atoms in total. The third kappa shape index (κ3) is 1.91. The highest BCUT2D eigenvalue weighted by Gasteiger charge is 2.17. The van der Waals surface area contributed by atoms with E-state index in [1.165, 1.54) is 16.9 Å². The molecule has 0 aliphatic heterocycles. The van der Waals surface area contributed by atoms with Crippen molar-refractivity contribution in [2.45, 2.75) is 20.8 Å². The molecule has 0 saturated carbocycles. The standard InChI is InChI=1S/C15H14N2O2S/c1-8-4-5-9(2)11(6-8)12-7-17-10(3)13(14(18)19)20-15(17)16-12/h4-7H,1-3H3,(H,18,19). The van der Waals surface area contributed by atoms with E-state index in [9.17, 15) is 4.79 Å². The number of thiazole rings is 1. The van der Waals surface area contributed by atoms with Crippen LogP contribution in [-0.4, -0.2) is 20.5 Å². The molecule has 0 unspecified atom stereocenters. The molecule has 0 radical (unpaired) electrons. The smallest absolute Gasteiger partial charge is 0.347 e. The summed E-state index contributed by atoms with van der Waals surface area (Å²) in [6, 6.07) is 6.26. The minimum Gasteiger partial charge on any atom is -0.477 e. The summed E-state index contributed by atoms with van der Waals surface area (Å²) in [6.45, 7) is 5.91. The molecule has 20 heavy (non-hydrogen) atoms. The van der Waals surface area contributed by atoms with Crippen molar-refractivity contribution in [2.24, 2.45) is 0 Å². The highest BCUT2D eigenvalue weighted by Crippen LogP contribution is 2.29. The Morgan fingerprint density at radius 1 is 1.30 bits per heavy atom. The monoisotopic (exact) mass is 286 g/mol. The van der Waals surface area contributed by atoms with E-state index in [0.717, 1.165) is 27.5 Å². The molecule has 2 aromatic heterocycles. The van der Waals surface area contributed by atoms with Gasteiger partial charge in [0.15, 0.2) is 4.96 Å². The zero-order chi connectivity index (χ0) is 14.4. The van der Waals surface area contributed by atoms with Gasteiger partial charge in [-0.3, -0.25) is 4.40 Å². The summed E-state index contributed by atoms with van der Waals surface area (Å²) in [6.07, 6.45) is 1.91. The minimum absolute atomic E-state index is 0.347. The van der Waals surface area contributed by atoms with E-state index in [2.05, 4.69) is 37.0 Å². The number of nitrogens with zero attached hydrogens (tertiary/aromatic N) is 2. The van der Waals surface area contributed by atoms with Crippen LogP contribution in [0.2, 0.25) is 0 Å². The summed E-state index contributed by atoms with van der Waals surface area (Å²) in [5.74, 6) is -0.897. The van der Waals surface area contributed by atoms with E-state index in [-0.39, 0.29) is 0 Å². The molecule has 3 aromatic rings. The zero-order valence-corrected chi connectivity index (χ0v) is 12.3. The molecule has 0 aliphatic carbocycles. The first-order valence-electron chi connectivity index (χ1n) is 6.27. The Morgan fingerprint density at radius 2 is 2.05 bits per heavy atom. The maximum absolute atomic E-state index is 11.1. The maximum atomic E-state index is 11.1. The molecule has 2 heterocycles. The van der Waals surface area contributed by atoms with Crippen LogP contribution in [0.4, 0.5) is 0 Å². The number of aromatic nitrogens is 2. The molecule has 0 spiro atoms. The number of fused-ring (bicyclic) bond motifs is 1. The van der Waals surface area contributed by atoms with Crippen molar-refractivity contribution in [1.29, 1.82) is 0 Å². The fourth-order valence-electron chi connectivity index (χ4n) is 2.29. The molecule has 3 rings (SSSR count). The van der Waals surface area contributed by atoms with Gasteiger partial charge in [-0.2, -0.15) is 0 Å². The number of aromatic carboxylic acids is 1. The summed E-state index contributed by atoms with van der Waals surface area (Å²) in [5.41, 5.74) is 5.05. The first kappa shape index (κ1) is 12.9. The maximum Gasteiger partial charge on any atom is 0.347 e. The van der Waals surface area contributed by atoms with Crippen LogP contribution in [0.25, 0.3) is 16.2 Å². The van der Waals surface area contributed by atoms with Gasteiger partial charge in [-0.15, -0.1) is 0 Å². The topological polar surface area (TPSA) is 54.6 Å². The number of rotatable bonds is 2. The number of carboxylic acids is 1. The lowest BCUT2D eigenvalue weighted by Crippen LogP contribution is -1.96. The average molecular weight is 286 g/mol. The van der Waals surface area contributed by atoms with Gasteiger partial charge in [0.05, 0.1) is 5.69 Å². The third-order valence-corrected chi connectivity index (χ3v) is 4.56. The van der Waals surface area contributed by atoms with Crippen molar-refractivity contribution in [3.05, 3.63) is 46.1 Å². The van der Waals surface area contributed by atoms with Gasteiger partial charge >= 0.3 is 5.97 Å². The van der Waals surface area contributed by atoms with Gasteiger partial charge < -0.3 is 5.11 Å². The molecular formula is C15H14N2O2S. The lowest BCUT2D eigenvalue weighted by Gasteiger charge is -2.03. The van der Waals surface area contributed by atoms with Crippen molar-refractivity contribution in [3.63, 3.8) is 0 Å². The molecule has 0 atom stereocenters. The fourth-order valence-corrected chi connectivity index (χ4v) is 3.24. The van der Waals surface area contributed by atoms with Crippen LogP contribution < -0.4 is 0 Å². The Morgan fingerprint density at radius 3 is 2.70 bits per heavy atom. The van der Waals surface area contributed by atoms with Crippen molar-refractivity contribution in [3.8, 4) is 11.3 Å². The Labute approximate surface area is 120 Å². The van der Waals surface area contributed by atoms with Crippen LogP contribution in [-0.2, 0) is 0 Å². The normalized spacial score (nSPS) is 11.2. The molecule has 102 valence electrons. The highest BCUT2D eigenvalue weighted by molar-refractivity contribution is 7.19. The summed E-state index contributed by atoms with van der Waals surface area (Å²) in [4.78, 5) is 16.7. The Bertz CT molecular complexity index is 830. The largest absolute Gasteiger partial charge is 0.477 e. The van der Waals surface area contributed by atoms with Gasteiger partial charge in [-0.1, -0.05) is 29.0 Å². The van der Waals surface area contributed by atoms with E-state index in [1.807, 2.05) is 17.5 Å². The highest BCUT2D eigenvalue weighted by atomic mass is 32.1. The van der Waals surface area contributed by atoms with Crippen LogP contribution in [0, 0.1) is 20.8 Å². The summed E-state index contributed by atoms with van der Waals surface area (Å²) >= 11 is 1.21. The van der Waals surface area contributed by atoms with Crippen molar-refractivity contribution < 1.29 is 9.90 Å². The number of carboxylic acid groups (broad SMARTS) is 1. The van der Waals surface area contributed by atoms with E-state index < -0.39 is 5.97 Å². The third-order valence-electron chi connectivity index (χ3n) is 3.42. The Kier molecular flexibility index (Phi) is 2.87. The quantitative estimate of drug-likeness (QED) is 0.781. The predicted octanol–water partition coefficient (Wildman–Crippen LogP) is 3.69. The molecule has 1 aromatic carbocycles. The minimum atomic E-state index is -0.897. The van der Waals surface area contributed by atoms with Gasteiger partial charge in [0.2, 0.25) is 0 Å². The Balaban J connectivity index is 2.19. The summed E-state index contributed by atoms with van der Waals surface area (Å²) in [7, 11) is 0. The lowest BCUT2D eigenvalue weighted by atomic mass is 10.0. The second-order valence-corrected chi connectivity index (χ2v) is 5.90. The van der Waals surface area contributed by atoms with Crippen LogP contribution in [0.5, 0.6) is 0 Å². The van der Waals surface area contributed by atoms with Gasteiger partial charge in [0.25, 0.3) is 0 Å². The van der Waals surface area contributed by atoms with Crippen molar-refractivity contribution >= 4 is 22.3 Å². The lowest BCUT2D eigenvalue weighted by molar-refractivity contribution is 0.0701. The fraction of sp³-hybridized carbons (Fsp3) is 0.200. The van der Waals surface area contributed by atoms with E-state index in [1.54, 1.807) is 0 Å². The van der Waals surface area contributed by atoms with Crippen LogP contribution in [0.1, 0.15) is 26.5 Å². The van der Waals surface area contributed by atoms with E-state index in [0.29, 0.717) is 4.88 Å². The number of hydrogen-bond donors (Lipinski definition) is 1. The van der Waals surface area contributed by atoms with Gasteiger partial charge in [0.1, 0.15) is 4.88 Å². The molecule has 0 amide bonds. The first-order valence-corrected chi connectivity index (χ1v) is 7.08. The molecule has 1 N–H and O–H groups in total. The molecule has 0 saturated heterocycles. The number of aryl methyl sites for hydroxylation is 3. The van der Waals surface area contributed by atoms with Gasteiger partial charge in [-0.25, -0.2) is 9.78 Å². The van der Waals surface area contributed by atoms with Gasteiger partial charge in [0, 0.05) is 17.5 Å². The molecule has 0 bridgehead atoms. The number of carbonyl (C=O) groups is 1. The van der Waals surface area contributed by atoms with E-state index >= 15 is 0 Å². The van der Waals surface area contributed by atoms with Crippen molar-refractivity contribution in [2.75, 3.05) is 0 Å². The molecule has 0 fully saturated rings.